The van der Waals surface area contributed by atoms with E-state index in [1.807, 2.05) is 0 Å². The number of carbonyl (C=O) groups is 2. The number of hydrogen-bond acceptors (Lipinski definition) is 4. The largest absolute Gasteiger partial charge is 0.481 e. The summed E-state index contributed by atoms with van der Waals surface area (Å²) in [4.78, 5) is 22.1. The molecule has 3 N–H and O–H groups in total. The average molecular weight is 294 g/mol. The van der Waals surface area contributed by atoms with Gasteiger partial charge in [-0.15, -0.1) is 0 Å². The lowest BCUT2D eigenvalue weighted by atomic mass is 10.0. The van der Waals surface area contributed by atoms with Crippen LogP contribution >= 0.6 is 0 Å². The predicted octanol–water partition coefficient (Wildman–Crippen LogP) is 0.220. The van der Waals surface area contributed by atoms with Gasteiger partial charge in [0.2, 0.25) is 0 Å². The van der Waals surface area contributed by atoms with E-state index >= 15 is 0 Å². The van der Waals surface area contributed by atoms with Crippen LogP contribution in [-0.2, 0) is 14.6 Å². The van der Waals surface area contributed by atoms with Crippen molar-refractivity contribution in [1.82, 2.24) is 10.6 Å². The fourth-order valence-corrected chi connectivity index (χ4v) is 2.03. The lowest BCUT2D eigenvalue weighted by Gasteiger charge is -2.20. The predicted molar refractivity (Wildman–Crippen MR) is 71.7 cm³/mol. The highest BCUT2D eigenvalue weighted by Crippen LogP contribution is 2.05. The van der Waals surface area contributed by atoms with Crippen LogP contribution in [0.15, 0.2) is 0 Å². The second-order valence-corrected chi connectivity index (χ2v) is 7.06. The molecule has 0 aliphatic carbocycles. The molecule has 0 saturated carbocycles. The average Bonchev–Trinajstić information content (AvgIpc) is 2.27. The first-order valence-corrected chi connectivity index (χ1v) is 7.96. The zero-order chi connectivity index (χ0) is 15.1. The minimum atomic E-state index is -3.12. The molecule has 8 heteroatoms. The number of nitrogens with one attached hydrogen (secondary N) is 2. The Labute approximate surface area is 113 Å². The number of hydrogen-bond donors (Lipinski definition) is 3. The van der Waals surface area contributed by atoms with Crippen LogP contribution in [0.2, 0.25) is 0 Å². The highest BCUT2D eigenvalue weighted by molar-refractivity contribution is 7.91. The SMILES string of the molecule is CCS(=O)(=O)CCNC(=O)NC(CC(=O)O)C(C)C. The lowest BCUT2D eigenvalue weighted by Crippen LogP contribution is -2.46. The number of carboxylic acid groups (broad SMARTS) is 1. The fourth-order valence-electron chi connectivity index (χ4n) is 1.33. The molecule has 7 nitrogen and oxygen atoms in total. The van der Waals surface area contributed by atoms with Crippen LogP contribution in [0, 0.1) is 5.92 Å². The molecule has 0 fully saturated rings. The van der Waals surface area contributed by atoms with Crippen LogP contribution in [0.5, 0.6) is 0 Å². The van der Waals surface area contributed by atoms with Gasteiger partial charge in [0.25, 0.3) is 0 Å². The van der Waals surface area contributed by atoms with E-state index in [0.29, 0.717) is 0 Å². The molecule has 0 aliphatic heterocycles. The van der Waals surface area contributed by atoms with E-state index in [1.54, 1.807) is 13.8 Å². The van der Waals surface area contributed by atoms with Gasteiger partial charge in [-0.3, -0.25) is 4.79 Å². The Kier molecular flexibility index (Phi) is 7.43. The summed E-state index contributed by atoms with van der Waals surface area (Å²) < 4.78 is 22.4. The fraction of sp³-hybridized carbons (Fsp3) is 0.818. The Morgan fingerprint density at radius 1 is 1.26 bits per heavy atom. The number of amides is 2. The van der Waals surface area contributed by atoms with Gasteiger partial charge in [-0.1, -0.05) is 20.8 Å². The molecule has 0 aromatic carbocycles. The summed E-state index contributed by atoms with van der Waals surface area (Å²) in [6.45, 7) is 5.15. The van der Waals surface area contributed by atoms with Crippen molar-refractivity contribution < 1.29 is 23.1 Å². The van der Waals surface area contributed by atoms with Crippen molar-refractivity contribution in [2.45, 2.75) is 33.2 Å². The molecule has 0 aliphatic rings. The lowest BCUT2D eigenvalue weighted by molar-refractivity contribution is -0.137. The highest BCUT2D eigenvalue weighted by atomic mass is 32.2. The summed E-state index contributed by atoms with van der Waals surface area (Å²) in [6, 6.07) is -1.04. The maximum absolute atomic E-state index is 11.5. The molecule has 0 heterocycles. The van der Waals surface area contributed by atoms with E-state index in [2.05, 4.69) is 10.6 Å². The third kappa shape index (κ3) is 8.41. The van der Waals surface area contributed by atoms with Gasteiger partial charge in [-0.05, 0) is 5.92 Å². The zero-order valence-electron chi connectivity index (χ0n) is 11.5. The van der Waals surface area contributed by atoms with Gasteiger partial charge < -0.3 is 15.7 Å². The van der Waals surface area contributed by atoms with E-state index in [-0.39, 0.29) is 30.4 Å². The molecule has 1 unspecified atom stereocenters. The summed E-state index contributed by atoms with van der Waals surface area (Å²) in [5, 5.41) is 13.6. The first-order valence-electron chi connectivity index (χ1n) is 6.14. The topological polar surface area (TPSA) is 113 Å². The molecular formula is C11H22N2O5S. The number of carbonyl (C=O) groups excluding carboxylic acids is 1. The van der Waals surface area contributed by atoms with Crippen molar-refractivity contribution in [2.24, 2.45) is 5.92 Å². The van der Waals surface area contributed by atoms with Gasteiger partial charge in [0.1, 0.15) is 0 Å². The van der Waals surface area contributed by atoms with E-state index < -0.39 is 27.9 Å². The molecule has 0 radical (unpaired) electrons. The standard InChI is InChI=1S/C11H22N2O5S/c1-4-19(17,18)6-5-12-11(16)13-9(8(2)3)7-10(14)15/h8-9H,4-7H2,1-3H3,(H,14,15)(H2,12,13,16). The Morgan fingerprint density at radius 2 is 1.84 bits per heavy atom. The smallest absolute Gasteiger partial charge is 0.315 e. The Balaban J connectivity index is 4.17. The number of rotatable bonds is 8. The quantitative estimate of drug-likeness (QED) is 0.593. The normalized spacial score (nSPS) is 13.1. The van der Waals surface area contributed by atoms with Crippen LogP contribution in [0.3, 0.4) is 0 Å². The molecule has 1 atom stereocenters. The first-order chi connectivity index (χ1) is 8.68. The third-order valence-corrected chi connectivity index (χ3v) is 4.36. The van der Waals surface area contributed by atoms with E-state index in [1.165, 1.54) is 6.92 Å². The number of sulfone groups is 1. The van der Waals surface area contributed by atoms with Crippen LogP contribution in [0.25, 0.3) is 0 Å². The van der Waals surface area contributed by atoms with Crippen molar-refractivity contribution in [3.05, 3.63) is 0 Å². The molecule has 0 aromatic heterocycles. The van der Waals surface area contributed by atoms with E-state index in [4.69, 9.17) is 5.11 Å². The molecule has 0 rings (SSSR count). The minimum absolute atomic E-state index is 0.0138. The second-order valence-electron chi connectivity index (χ2n) is 4.58. The summed E-state index contributed by atoms with van der Waals surface area (Å²) in [5.41, 5.74) is 0. The van der Waals surface area contributed by atoms with Crippen molar-refractivity contribution >= 4 is 21.8 Å². The Hall–Kier alpha value is -1.31. The van der Waals surface area contributed by atoms with Gasteiger partial charge in [-0.2, -0.15) is 0 Å². The Morgan fingerprint density at radius 3 is 2.26 bits per heavy atom. The van der Waals surface area contributed by atoms with Gasteiger partial charge in [0.15, 0.2) is 9.84 Å². The highest BCUT2D eigenvalue weighted by Gasteiger charge is 2.19. The maximum Gasteiger partial charge on any atom is 0.315 e. The molecule has 0 saturated heterocycles. The molecule has 112 valence electrons. The van der Waals surface area contributed by atoms with E-state index in [0.717, 1.165) is 0 Å². The number of carboxylic acids is 1. The third-order valence-electron chi connectivity index (χ3n) is 2.65. The van der Waals surface area contributed by atoms with Crippen LogP contribution in [0.1, 0.15) is 27.2 Å². The monoisotopic (exact) mass is 294 g/mol. The zero-order valence-corrected chi connectivity index (χ0v) is 12.3. The van der Waals surface area contributed by atoms with Crippen LogP contribution in [0.4, 0.5) is 4.79 Å². The number of urea groups is 1. The Bertz CT molecular complexity index is 405. The first kappa shape index (κ1) is 17.7. The van der Waals surface area contributed by atoms with Crippen LogP contribution < -0.4 is 10.6 Å². The summed E-state index contributed by atoms with van der Waals surface area (Å²) in [5.74, 6) is -1.11. The molecule has 0 spiro atoms. The summed E-state index contributed by atoms with van der Waals surface area (Å²) in [7, 11) is -3.12. The molecular weight excluding hydrogens is 272 g/mol. The summed E-state index contributed by atoms with van der Waals surface area (Å²) >= 11 is 0. The van der Waals surface area contributed by atoms with Crippen molar-refractivity contribution in [2.75, 3.05) is 18.1 Å². The van der Waals surface area contributed by atoms with Gasteiger partial charge >= 0.3 is 12.0 Å². The van der Waals surface area contributed by atoms with Gasteiger partial charge in [0, 0.05) is 18.3 Å². The number of aliphatic carboxylic acids is 1. The second kappa shape index (κ2) is 7.98. The summed E-state index contributed by atoms with van der Waals surface area (Å²) in [6.07, 6.45) is -0.168. The van der Waals surface area contributed by atoms with Gasteiger partial charge in [-0.25, -0.2) is 13.2 Å². The van der Waals surface area contributed by atoms with Gasteiger partial charge in [0.05, 0.1) is 12.2 Å². The molecule has 19 heavy (non-hydrogen) atoms. The van der Waals surface area contributed by atoms with Crippen LogP contribution in [-0.4, -0.2) is 49.6 Å². The van der Waals surface area contributed by atoms with E-state index in [9.17, 15) is 18.0 Å². The maximum atomic E-state index is 11.5. The molecule has 0 bridgehead atoms. The van der Waals surface area contributed by atoms with Crippen molar-refractivity contribution in [1.29, 1.82) is 0 Å². The molecule has 2 amide bonds. The van der Waals surface area contributed by atoms with Crippen molar-refractivity contribution in [3.8, 4) is 0 Å². The van der Waals surface area contributed by atoms with Crippen molar-refractivity contribution in [3.63, 3.8) is 0 Å². The molecule has 0 aromatic rings. The minimum Gasteiger partial charge on any atom is -0.481 e.